The van der Waals surface area contributed by atoms with E-state index in [1.165, 1.54) is 12.1 Å². The highest BCUT2D eigenvalue weighted by molar-refractivity contribution is 5.94. The van der Waals surface area contributed by atoms with Gasteiger partial charge in [-0.05, 0) is 37.1 Å². The number of phenols is 1. The minimum absolute atomic E-state index is 0.00561. The van der Waals surface area contributed by atoms with E-state index in [0.717, 1.165) is 30.3 Å². The number of nitrogens with zero attached hydrogens (tertiary/aromatic N) is 1. The zero-order valence-corrected chi connectivity index (χ0v) is 14.0. The number of para-hydroxylation sites is 2. The molecule has 0 aromatic heterocycles. The van der Waals surface area contributed by atoms with Gasteiger partial charge in [0, 0.05) is 25.2 Å². The van der Waals surface area contributed by atoms with Gasteiger partial charge < -0.3 is 20.1 Å². The number of hydrogen-bond acceptors (Lipinski definition) is 4. The van der Waals surface area contributed by atoms with Crippen LogP contribution in [0.1, 0.15) is 23.2 Å². The summed E-state index contributed by atoms with van der Waals surface area (Å²) < 4.78 is 19.2. The molecule has 0 aliphatic carbocycles. The lowest BCUT2D eigenvalue weighted by Gasteiger charge is -2.33. The number of rotatable bonds is 4. The summed E-state index contributed by atoms with van der Waals surface area (Å²) in [5.41, 5.74) is 0.924. The van der Waals surface area contributed by atoms with Gasteiger partial charge >= 0.3 is 0 Å². The molecule has 132 valence electrons. The molecule has 0 unspecified atom stereocenters. The van der Waals surface area contributed by atoms with Crippen LogP contribution >= 0.6 is 0 Å². The summed E-state index contributed by atoms with van der Waals surface area (Å²) in [5, 5.41) is 12.7. The van der Waals surface area contributed by atoms with Crippen LogP contribution in [0.3, 0.4) is 0 Å². The maximum absolute atomic E-state index is 13.9. The molecule has 3 rings (SSSR count). The molecule has 2 aromatic rings. The van der Waals surface area contributed by atoms with Crippen LogP contribution in [0.5, 0.6) is 11.5 Å². The van der Waals surface area contributed by atoms with Crippen molar-refractivity contribution in [2.24, 2.45) is 0 Å². The van der Waals surface area contributed by atoms with Gasteiger partial charge in [-0.1, -0.05) is 12.1 Å². The number of carbonyl (C=O) groups excluding carboxylic acids is 1. The number of nitrogens with one attached hydrogen (secondary N) is 1. The fourth-order valence-electron chi connectivity index (χ4n) is 3.06. The first-order valence-electron chi connectivity index (χ1n) is 8.26. The Morgan fingerprint density at radius 3 is 2.64 bits per heavy atom. The number of carbonyl (C=O) groups is 1. The number of phenolic OH excluding ortho intramolecular Hbond substituents is 1. The van der Waals surface area contributed by atoms with Gasteiger partial charge in [-0.15, -0.1) is 0 Å². The summed E-state index contributed by atoms with van der Waals surface area (Å²) in [5.74, 6) is -0.437. The van der Waals surface area contributed by atoms with Gasteiger partial charge in [0.05, 0.1) is 18.4 Å². The molecule has 2 aromatic carbocycles. The Hall–Kier alpha value is -2.76. The Morgan fingerprint density at radius 2 is 1.96 bits per heavy atom. The zero-order chi connectivity index (χ0) is 17.8. The quantitative estimate of drug-likeness (QED) is 0.894. The number of piperidine rings is 1. The summed E-state index contributed by atoms with van der Waals surface area (Å²) in [6, 6.07) is 11.6. The first-order valence-corrected chi connectivity index (χ1v) is 8.26. The van der Waals surface area contributed by atoms with Gasteiger partial charge in [0.25, 0.3) is 5.91 Å². The van der Waals surface area contributed by atoms with Crippen molar-refractivity contribution < 1.29 is 19.0 Å². The van der Waals surface area contributed by atoms with Gasteiger partial charge in [0.1, 0.15) is 17.3 Å². The van der Waals surface area contributed by atoms with E-state index < -0.39 is 5.82 Å². The van der Waals surface area contributed by atoms with Gasteiger partial charge in [-0.3, -0.25) is 4.79 Å². The van der Waals surface area contributed by atoms with Crippen LogP contribution in [0.2, 0.25) is 0 Å². The third-order valence-corrected chi connectivity index (χ3v) is 4.43. The molecule has 5 nitrogen and oxygen atoms in total. The Morgan fingerprint density at radius 1 is 1.24 bits per heavy atom. The molecule has 1 aliphatic rings. The SMILES string of the molecule is COc1ccccc1NC1CCN(C(=O)c2ccc(O)cc2F)CC1. The van der Waals surface area contributed by atoms with Crippen LogP contribution in [0.4, 0.5) is 10.1 Å². The maximum atomic E-state index is 13.9. The van der Waals surface area contributed by atoms with Crippen molar-refractivity contribution in [1.29, 1.82) is 0 Å². The van der Waals surface area contributed by atoms with Crippen LogP contribution in [0, 0.1) is 5.82 Å². The molecule has 0 bridgehead atoms. The molecular weight excluding hydrogens is 323 g/mol. The number of likely N-dealkylation sites (tertiary alicyclic amines) is 1. The first kappa shape index (κ1) is 17.1. The van der Waals surface area contributed by atoms with E-state index in [1.54, 1.807) is 12.0 Å². The largest absolute Gasteiger partial charge is 0.508 e. The third-order valence-electron chi connectivity index (χ3n) is 4.43. The topological polar surface area (TPSA) is 61.8 Å². The highest BCUT2D eigenvalue weighted by Gasteiger charge is 2.25. The van der Waals surface area contributed by atoms with Crippen molar-refractivity contribution in [2.75, 3.05) is 25.5 Å². The van der Waals surface area contributed by atoms with E-state index in [0.29, 0.717) is 13.1 Å². The second kappa shape index (κ2) is 7.42. The predicted molar refractivity (Wildman–Crippen MR) is 93.6 cm³/mol. The molecule has 1 saturated heterocycles. The number of benzene rings is 2. The van der Waals surface area contributed by atoms with Gasteiger partial charge in [0.2, 0.25) is 0 Å². The van der Waals surface area contributed by atoms with E-state index in [4.69, 9.17) is 4.74 Å². The smallest absolute Gasteiger partial charge is 0.256 e. The highest BCUT2D eigenvalue weighted by Crippen LogP contribution is 2.26. The number of ether oxygens (including phenoxy) is 1. The lowest BCUT2D eigenvalue weighted by molar-refractivity contribution is 0.0713. The molecule has 6 heteroatoms. The van der Waals surface area contributed by atoms with E-state index in [-0.39, 0.29) is 23.3 Å². The second-order valence-corrected chi connectivity index (χ2v) is 6.08. The summed E-state index contributed by atoms with van der Waals surface area (Å²) in [6.07, 6.45) is 1.53. The number of amides is 1. The molecule has 1 fully saturated rings. The Balaban J connectivity index is 1.61. The van der Waals surface area contributed by atoms with Crippen molar-refractivity contribution in [3.8, 4) is 11.5 Å². The lowest BCUT2D eigenvalue weighted by Crippen LogP contribution is -2.42. The van der Waals surface area contributed by atoms with Crippen LogP contribution in [-0.4, -0.2) is 42.2 Å². The number of aromatic hydroxyl groups is 1. The molecule has 2 N–H and O–H groups in total. The van der Waals surface area contributed by atoms with Crippen molar-refractivity contribution in [2.45, 2.75) is 18.9 Å². The van der Waals surface area contributed by atoms with Crippen LogP contribution in [-0.2, 0) is 0 Å². The molecule has 1 aliphatic heterocycles. The zero-order valence-electron chi connectivity index (χ0n) is 14.0. The van der Waals surface area contributed by atoms with Gasteiger partial charge in [-0.2, -0.15) is 0 Å². The van der Waals surface area contributed by atoms with Crippen molar-refractivity contribution >= 4 is 11.6 Å². The maximum Gasteiger partial charge on any atom is 0.256 e. The van der Waals surface area contributed by atoms with E-state index in [1.807, 2.05) is 24.3 Å². The molecule has 0 radical (unpaired) electrons. The van der Waals surface area contributed by atoms with Gasteiger partial charge in [-0.25, -0.2) is 4.39 Å². The Kier molecular flexibility index (Phi) is 5.07. The fraction of sp³-hybridized carbons (Fsp3) is 0.316. The van der Waals surface area contributed by atoms with Crippen molar-refractivity contribution in [3.05, 3.63) is 53.8 Å². The second-order valence-electron chi connectivity index (χ2n) is 6.08. The fourth-order valence-corrected chi connectivity index (χ4v) is 3.06. The summed E-state index contributed by atoms with van der Waals surface area (Å²) in [6.45, 7) is 1.10. The van der Waals surface area contributed by atoms with Crippen LogP contribution in [0.25, 0.3) is 0 Å². The molecule has 25 heavy (non-hydrogen) atoms. The minimum Gasteiger partial charge on any atom is -0.508 e. The first-order chi connectivity index (χ1) is 12.1. The summed E-state index contributed by atoms with van der Waals surface area (Å²) in [7, 11) is 1.63. The molecule has 1 heterocycles. The van der Waals surface area contributed by atoms with Crippen LogP contribution in [0.15, 0.2) is 42.5 Å². The molecule has 0 spiro atoms. The number of anilines is 1. The standard InChI is InChI=1S/C19H21FN2O3/c1-25-18-5-3-2-4-17(18)21-13-8-10-22(11-9-13)19(24)15-7-6-14(23)12-16(15)20/h2-7,12-13,21,23H,8-11H2,1H3. The van der Waals surface area contributed by atoms with E-state index in [2.05, 4.69) is 5.32 Å². The number of halogens is 1. The number of methoxy groups -OCH3 is 1. The Labute approximate surface area is 146 Å². The molecule has 0 atom stereocenters. The highest BCUT2D eigenvalue weighted by atomic mass is 19.1. The van der Waals surface area contributed by atoms with Gasteiger partial charge in [0.15, 0.2) is 0 Å². The molecule has 0 saturated carbocycles. The van der Waals surface area contributed by atoms with E-state index in [9.17, 15) is 14.3 Å². The average Bonchev–Trinajstić information content (AvgIpc) is 2.62. The average molecular weight is 344 g/mol. The molecular formula is C19H21FN2O3. The van der Waals surface area contributed by atoms with Crippen LogP contribution < -0.4 is 10.1 Å². The van der Waals surface area contributed by atoms with E-state index >= 15 is 0 Å². The third kappa shape index (κ3) is 3.84. The number of hydrogen-bond donors (Lipinski definition) is 2. The molecule has 1 amide bonds. The lowest BCUT2D eigenvalue weighted by atomic mass is 10.0. The summed E-state index contributed by atoms with van der Waals surface area (Å²) >= 11 is 0. The predicted octanol–water partition coefficient (Wildman–Crippen LogP) is 3.26. The Bertz CT molecular complexity index is 758. The van der Waals surface area contributed by atoms with Crippen molar-refractivity contribution in [3.63, 3.8) is 0 Å². The summed E-state index contributed by atoms with van der Waals surface area (Å²) in [4.78, 5) is 14.1. The minimum atomic E-state index is -0.695. The monoisotopic (exact) mass is 344 g/mol. The normalized spacial score (nSPS) is 15.0. The van der Waals surface area contributed by atoms with Crippen molar-refractivity contribution in [1.82, 2.24) is 4.90 Å².